The Morgan fingerprint density at radius 3 is 2.58 bits per heavy atom. The zero-order valence-corrected chi connectivity index (χ0v) is 13.6. The maximum atomic E-state index is 2.54. The first kappa shape index (κ1) is 15.1. The van der Waals surface area contributed by atoms with Crippen LogP contribution < -0.4 is 0 Å². The molecule has 0 spiro atoms. The minimum atomic E-state index is 0.919. The van der Waals surface area contributed by atoms with Gasteiger partial charge in [0.2, 0.25) is 0 Å². The number of unbranched alkanes of at least 4 members (excludes halogenated alkanes) is 2. The van der Waals surface area contributed by atoms with E-state index in [1.54, 1.807) is 5.57 Å². The Balaban J connectivity index is 2.03. The van der Waals surface area contributed by atoms with Crippen molar-refractivity contribution in [2.24, 2.45) is 29.6 Å². The van der Waals surface area contributed by atoms with Crippen LogP contribution >= 0.6 is 0 Å². The minimum absolute atomic E-state index is 0.919. The van der Waals surface area contributed by atoms with Gasteiger partial charge in [-0.15, -0.1) is 0 Å². The van der Waals surface area contributed by atoms with Crippen molar-refractivity contribution < 1.29 is 0 Å². The van der Waals surface area contributed by atoms with Gasteiger partial charge >= 0.3 is 0 Å². The number of hydrogen-bond acceptors (Lipinski definition) is 0. The van der Waals surface area contributed by atoms with E-state index >= 15 is 0 Å². The fourth-order valence-corrected chi connectivity index (χ4v) is 5.25. The average Bonchev–Trinajstić information content (AvgIpc) is 2.74. The highest BCUT2D eigenvalue weighted by molar-refractivity contribution is 5.14. The van der Waals surface area contributed by atoms with Crippen LogP contribution in [-0.2, 0) is 0 Å². The van der Waals surface area contributed by atoms with Gasteiger partial charge in [0.15, 0.2) is 0 Å². The Bertz CT molecular complexity index is 301. The van der Waals surface area contributed by atoms with Gasteiger partial charge in [-0.2, -0.15) is 0 Å². The van der Waals surface area contributed by atoms with Gasteiger partial charge < -0.3 is 0 Å². The SMILES string of the molecule is CC=C1CCC2C(CCCCC)C(C)CC2C1CC. The van der Waals surface area contributed by atoms with Gasteiger partial charge in [-0.05, 0) is 68.6 Å². The lowest BCUT2D eigenvalue weighted by Crippen LogP contribution is -2.28. The van der Waals surface area contributed by atoms with Crippen LogP contribution in [0.2, 0.25) is 0 Å². The highest BCUT2D eigenvalue weighted by atomic mass is 14.5. The third-order valence-corrected chi connectivity index (χ3v) is 6.19. The first-order chi connectivity index (χ1) is 9.22. The van der Waals surface area contributed by atoms with Gasteiger partial charge in [0.05, 0.1) is 0 Å². The third kappa shape index (κ3) is 3.09. The largest absolute Gasteiger partial charge is 0.0882 e. The Kier molecular flexibility index (Phi) is 5.54. The van der Waals surface area contributed by atoms with E-state index in [1.165, 1.54) is 51.4 Å². The molecule has 19 heavy (non-hydrogen) atoms. The molecular weight excluding hydrogens is 228 g/mol. The van der Waals surface area contributed by atoms with E-state index in [4.69, 9.17) is 0 Å². The topological polar surface area (TPSA) is 0 Å². The maximum Gasteiger partial charge on any atom is -0.0175 e. The Morgan fingerprint density at radius 2 is 1.95 bits per heavy atom. The Hall–Kier alpha value is -0.260. The molecule has 5 unspecified atom stereocenters. The summed E-state index contributed by atoms with van der Waals surface area (Å²) in [5, 5.41) is 0. The summed E-state index contributed by atoms with van der Waals surface area (Å²) in [4.78, 5) is 0. The molecule has 2 saturated carbocycles. The molecule has 2 aliphatic rings. The molecule has 0 heterocycles. The molecule has 0 amide bonds. The second-order valence-corrected chi connectivity index (χ2v) is 7.12. The molecule has 0 saturated heterocycles. The second-order valence-electron chi connectivity index (χ2n) is 7.12. The summed E-state index contributed by atoms with van der Waals surface area (Å²) in [6.45, 7) is 9.53. The standard InChI is InChI=1S/C19H34/c1-5-8-9-10-17-14(4)13-19-16(7-3)15(6-2)11-12-18(17)19/h6,14,16-19H,5,7-13H2,1-4H3. The summed E-state index contributed by atoms with van der Waals surface area (Å²) >= 11 is 0. The smallest absolute Gasteiger partial charge is 0.0175 e. The molecule has 5 atom stereocenters. The van der Waals surface area contributed by atoms with E-state index in [9.17, 15) is 0 Å². The van der Waals surface area contributed by atoms with Crippen molar-refractivity contribution in [3.05, 3.63) is 11.6 Å². The van der Waals surface area contributed by atoms with Crippen LogP contribution in [0.1, 0.15) is 79.1 Å². The number of hydrogen-bond donors (Lipinski definition) is 0. The minimum Gasteiger partial charge on any atom is -0.0882 e. The Labute approximate surface area is 121 Å². The van der Waals surface area contributed by atoms with Crippen molar-refractivity contribution in [1.29, 1.82) is 0 Å². The quantitative estimate of drug-likeness (QED) is 0.407. The summed E-state index contributed by atoms with van der Waals surface area (Å²) < 4.78 is 0. The summed E-state index contributed by atoms with van der Waals surface area (Å²) in [6.07, 6.45) is 14.0. The molecule has 2 aliphatic carbocycles. The molecule has 0 bridgehead atoms. The van der Waals surface area contributed by atoms with Crippen molar-refractivity contribution in [2.75, 3.05) is 0 Å². The van der Waals surface area contributed by atoms with Gasteiger partial charge in [-0.3, -0.25) is 0 Å². The number of fused-ring (bicyclic) bond motifs is 1. The lowest BCUT2D eigenvalue weighted by Gasteiger charge is -2.38. The summed E-state index contributed by atoms with van der Waals surface area (Å²) in [5.74, 6) is 5.02. The van der Waals surface area contributed by atoms with Gasteiger partial charge in [0, 0.05) is 0 Å². The zero-order valence-electron chi connectivity index (χ0n) is 13.6. The lowest BCUT2D eigenvalue weighted by molar-refractivity contribution is 0.184. The maximum absolute atomic E-state index is 2.54. The van der Waals surface area contributed by atoms with Crippen molar-refractivity contribution in [2.45, 2.75) is 79.1 Å². The van der Waals surface area contributed by atoms with Gasteiger partial charge in [0.25, 0.3) is 0 Å². The zero-order chi connectivity index (χ0) is 13.8. The molecule has 2 rings (SSSR count). The summed E-state index contributed by atoms with van der Waals surface area (Å²) in [6, 6.07) is 0. The Morgan fingerprint density at radius 1 is 1.16 bits per heavy atom. The summed E-state index contributed by atoms with van der Waals surface area (Å²) in [7, 11) is 0. The molecule has 0 heteroatoms. The number of allylic oxidation sites excluding steroid dienone is 2. The van der Waals surface area contributed by atoms with Gasteiger partial charge in [0.1, 0.15) is 0 Å². The van der Waals surface area contributed by atoms with Crippen LogP contribution in [0.3, 0.4) is 0 Å². The van der Waals surface area contributed by atoms with Crippen LogP contribution in [-0.4, -0.2) is 0 Å². The molecule has 0 radical (unpaired) electrons. The van der Waals surface area contributed by atoms with E-state index in [1.807, 2.05) is 0 Å². The normalized spacial score (nSPS) is 40.6. The van der Waals surface area contributed by atoms with E-state index in [-0.39, 0.29) is 0 Å². The highest BCUT2D eigenvalue weighted by Gasteiger charge is 2.46. The van der Waals surface area contributed by atoms with Crippen LogP contribution in [0.4, 0.5) is 0 Å². The van der Waals surface area contributed by atoms with E-state index < -0.39 is 0 Å². The van der Waals surface area contributed by atoms with Crippen LogP contribution in [0, 0.1) is 29.6 Å². The molecule has 0 aromatic heterocycles. The van der Waals surface area contributed by atoms with Crippen LogP contribution in [0.25, 0.3) is 0 Å². The van der Waals surface area contributed by atoms with Crippen molar-refractivity contribution >= 4 is 0 Å². The number of rotatable bonds is 5. The monoisotopic (exact) mass is 262 g/mol. The molecule has 0 aromatic carbocycles. The molecule has 0 aromatic rings. The predicted octanol–water partition coefficient (Wildman–Crippen LogP) is 6.22. The third-order valence-electron chi connectivity index (χ3n) is 6.19. The fraction of sp³-hybridized carbons (Fsp3) is 0.895. The van der Waals surface area contributed by atoms with Crippen LogP contribution in [0.5, 0.6) is 0 Å². The molecule has 0 N–H and O–H groups in total. The van der Waals surface area contributed by atoms with E-state index in [2.05, 4.69) is 33.8 Å². The molecule has 110 valence electrons. The predicted molar refractivity (Wildman–Crippen MR) is 85.2 cm³/mol. The van der Waals surface area contributed by atoms with Crippen molar-refractivity contribution in [3.8, 4) is 0 Å². The molecule has 0 aliphatic heterocycles. The fourth-order valence-electron chi connectivity index (χ4n) is 5.25. The van der Waals surface area contributed by atoms with Crippen molar-refractivity contribution in [3.63, 3.8) is 0 Å². The van der Waals surface area contributed by atoms with Crippen LogP contribution in [0.15, 0.2) is 11.6 Å². The molecular formula is C19H34. The first-order valence-electron chi connectivity index (χ1n) is 8.87. The highest BCUT2D eigenvalue weighted by Crippen LogP contribution is 2.54. The summed E-state index contributed by atoms with van der Waals surface area (Å²) in [5.41, 5.74) is 1.78. The lowest BCUT2D eigenvalue weighted by atomic mass is 9.67. The molecule has 0 nitrogen and oxygen atoms in total. The van der Waals surface area contributed by atoms with Gasteiger partial charge in [-0.1, -0.05) is 51.7 Å². The molecule has 2 fully saturated rings. The average molecular weight is 262 g/mol. The van der Waals surface area contributed by atoms with E-state index in [0.29, 0.717) is 0 Å². The second kappa shape index (κ2) is 6.95. The first-order valence-corrected chi connectivity index (χ1v) is 8.87. The van der Waals surface area contributed by atoms with Gasteiger partial charge in [-0.25, -0.2) is 0 Å². The van der Waals surface area contributed by atoms with E-state index in [0.717, 1.165) is 29.6 Å². The van der Waals surface area contributed by atoms with Crippen molar-refractivity contribution in [1.82, 2.24) is 0 Å².